The third-order valence-corrected chi connectivity index (χ3v) is 4.59. The molecule has 9 heteroatoms. The van der Waals surface area contributed by atoms with Crippen LogP contribution in [0, 0.1) is 0 Å². The largest absolute Gasteiger partial charge is 0.273 e. The van der Waals surface area contributed by atoms with E-state index in [0.29, 0.717) is 0 Å². The Morgan fingerprint density at radius 2 is 2.12 bits per heavy atom. The van der Waals surface area contributed by atoms with E-state index in [2.05, 4.69) is 14.8 Å². The molecular weight excluding hydrogens is 264 g/mol. The Hall–Kier alpha value is -1.06. The molecular formula is C8H14N4O3S2. The Bertz CT molecular complexity index is 582. The van der Waals surface area contributed by atoms with Gasteiger partial charge in [-0.2, -0.15) is 4.99 Å². The van der Waals surface area contributed by atoms with E-state index in [1.54, 1.807) is 13.8 Å². The summed E-state index contributed by atoms with van der Waals surface area (Å²) < 4.78 is 27.2. The summed E-state index contributed by atoms with van der Waals surface area (Å²) in [4.78, 5) is 14.7. The van der Waals surface area contributed by atoms with Crippen LogP contribution in [0.15, 0.2) is 9.33 Å². The molecule has 0 radical (unpaired) electrons. The van der Waals surface area contributed by atoms with E-state index < -0.39 is 15.9 Å². The highest BCUT2D eigenvalue weighted by molar-refractivity contribution is 7.91. The van der Waals surface area contributed by atoms with E-state index in [1.165, 1.54) is 18.7 Å². The monoisotopic (exact) mass is 278 g/mol. The summed E-state index contributed by atoms with van der Waals surface area (Å²) in [6.07, 6.45) is 0. The summed E-state index contributed by atoms with van der Waals surface area (Å²) in [6, 6.07) is -0.220. The average molecular weight is 278 g/mol. The standard InChI is InChI=1S/C8H14N4O3S2/c1-5(2)11-17(14,15)8-10-12(4)7(16-8)9-6(3)13/h5,11H,1-4H3/b9-7+. The van der Waals surface area contributed by atoms with Crippen molar-refractivity contribution >= 4 is 27.3 Å². The van der Waals surface area contributed by atoms with Crippen LogP contribution in [0.2, 0.25) is 0 Å². The molecule has 96 valence electrons. The number of aryl methyl sites for hydroxylation is 1. The number of carbonyl (C=O) groups excluding carboxylic acids is 1. The molecule has 1 amide bonds. The number of carbonyl (C=O) groups is 1. The second-order valence-corrected chi connectivity index (χ2v) is 6.52. The number of hydrogen-bond acceptors (Lipinski definition) is 5. The number of nitrogens with one attached hydrogen (secondary N) is 1. The fraction of sp³-hybridized carbons (Fsp3) is 0.625. The summed E-state index contributed by atoms with van der Waals surface area (Å²) in [5.74, 6) is -0.398. The molecule has 1 aromatic heterocycles. The van der Waals surface area contributed by atoms with E-state index in [1.807, 2.05) is 0 Å². The molecule has 0 spiro atoms. The summed E-state index contributed by atoms with van der Waals surface area (Å²) >= 11 is 0.851. The van der Waals surface area contributed by atoms with E-state index in [4.69, 9.17) is 0 Å². The predicted octanol–water partition coefficient (Wildman–Crippen LogP) is -0.385. The third kappa shape index (κ3) is 3.72. The molecule has 1 N–H and O–H groups in total. The molecule has 0 unspecified atom stereocenters. The van der Waals surface area contributed by atoms with Crippen LogP contribution in [-0.4, -0.2) is 30.1 Å². The van der Waals surface area contributed by atoms with Crippen LogP contribution < -0.4 is 9.52 Å². The fourth-order valence-corrected chi connectivity index (χ4v) is 3.45. The first-order valence-corrected chi connectivity index (χ1v) is 7.14. The minimum atomic E-state index is -3.63. The van der Waals surface area contributed by atoms with Crippen molar-refractivity contribution in [2.45, 2.75) is 31.2 Å². The van der Waals surface area contributed by atoms with Crippen molar-refractivity contribution < 1.29 is 13.2 Å². The van der Waals surface area contributed by atoms with Crippen molar-refractivity contribution in [2.75, 3.05) is 0 Å². The second kappa shape index (κ2) is 5.07. The van der Waals surface area contributed by atoms with Crippen LogP contribution in [-0.2, 0) is 21.9 Å². The smallest absolute Gasteiger partial charge is 0.270 e. The summed E-state index contributed by atoms with van der Waals surface area (Å²) in [5, 5.41) is 3.83. The topological polar surface area (TPSA) is 93.4 Å². The molecule has 1 rings (SSSR count). The van der Waals surface area contributed by atoms with Gasteiger partial charge in [0.1, 0.15) is 0 Å². The number of amides is 1. The summed E-state index contributed by atoms with van der Waals surface area (Å²) in [7, 11) is -2.10. The Morgan fingerprint density at radius 3 is 2.59 bits per heavy atom. The minimum Gasteiger partial charge on any atom is -0.273 e. The first kappa shape index (κ1) is 14.0. The van der Waals surface area contributed by atoms with E-state index in [0.717, 1.165) is 11.3 Å². The van der Waals surface area contributed by atoms with E-state index in [-0.39, 0.29) is 15.2 Å². The van der Waals surface area contributed by atoms with Gasteiger partial charge in [-0.05, 0) is 13.8 Å². The van der Waals surface area contributed by atoms with Crippen LogP contribution in [0.1, 0.15) is 20.8 Å². The van der Waals surface area contributed by atoms with Crippen molar-refractivity contribution in [3.8, 4) is 0 Å². The number of sulfonamides is 1. The highest BCUT2D eigenvalue weighted by Gasteiger charge is 2.20. The van der Waals surface area contributed by atoms with Crippen molar-refractivity contribution in [3.05, 3.63) is 4.80 Å². The van der Waals surface area contributed by atoms with Gasteiger partial charge in [-0.3, -0.25) is 4.79 Å². The van der Waals surface area contributed by atoms with Gasteiger partial charge in [0, 0.05) is 20.0 Å². The number of aromatic nitrogens is 2. The maximum Gasteiger partial charge on any atom is 0.270 e. The molecule has 0 fully saturated rings. The van der Waals surface area contributed by atoms with Crippen molar-refractivity contribution in [1.82, 2.24) is 14.5 Å². The van der Waals surface area contributed by atoms with Gasteiger partial charge in [-0.15, -0.1) is 5.10 Å². The molecule has 0 aromatic carbocycles. The SMILES string of the molecule is CC(=O)/N=c1/sc(S(=O)(=O)NC(C)C)nn1C. The molecule has 0 atom stereocenters. The van der Waals surface area contributed by atoms with Gasteiger partial charge in [0.25, 0.3) is 10.0 Å². The van der Waals surface area contributed by atoms with Gasteiger partial charge in [-0.25, -0.2) is 17.8 Å². The summed E-state index contributed by atoms with van der Waals surface area (Å²) in [5.41, 5.74) is 0. The van der Waals surface area contributed by atoms with E-state index in [9.17, 15) is 13.2 Å². The quantitative estimate of drug-likeness (QED) is 0.815. The predicted molar refractivity (Wildman–Crippen MR) is 62.8 cm³/mol. The first-order chi connectivity index (χ1) is 7.72. The Labute approximate surface area is 103 Å². The number of rotatable bonds is 3. The molecule has 1 heterocycles. The van der Waals surface area contributed by atoms with Crippen molar-refractivity contribution in [1.29, 1.82) is 0 Å². The lowest BCUT2D eigenvalue weighted by molar-refractivity contribution is -0.116. The van der Waals surface area contributed by atoms with Crippen LogP contribution in [0.4, 0.5) is 0 Å². The van der Waals surface area contributed by atoms with Gasteiger partial charge in [0.05, 0.1) is 0 Å². The molecule has 17 heavy (non-hydrogen) atoms. The first-order valence-electron chi connectivity index (χ1n) is 4.84. The van der Waals surface area contributed by atoms with Crippen LogP contribution >= 0.6 is 11.3 Å². The lowest BCUT2D eigenvalue weighted by Gasteiger charge is -2.05. The molecule has 0 saturated carbocycles. The highest BCUT2D eigenvalue weighted by Crippen LogP contribution is 2.08. The van der Waals surface area contributed by atoms with Crippen LogP contribution in [0.5, 0.6) is 0 Å². The summed E-state index contributed by atoms with van der Waals surface area (Å²) in [6.45, 7) is 4.72. The van der Waals surface area contributed by atoms with Gasteiger partial charge >= 0.3 is 0 Å². The molecule has 1 aromatic rings. The van der Waals surface area contributed by atoms with Crippen LogP contribution in [0.3, 0.4) is 0 Å². The van der Waals surface area contributed by atoms with Gasteiger partial charge < -0.3 is 0 Å². The number of nitrogens with zero attached hydrogens (tertiary/aromatic N) is 3. The average Bonchev–Trinajstić information content (AvgIpc) is 2.45. The zero-order chi connectivity index (χ0) is 13.2. The molecule has 0 aliphatic rings. The maximum absolute atomic E-state index is 11.8. The third-order valence-electron chi connectivity index (χ3n) is 1.56. The highest BCUT2D eigenvalue weighted by atomic mass is 32.2. The fourth-order valence-electron chi connectivity index (χ4n) is 1.03. The Balaban J connectivity index is 3.23. The van der Waals surface area contributed by atoms with Crippen molar-refractivity contribution in [3.63, 3.8) is 0 Å². The normalized spacial score (nSPS) is 13.4. The lowest BCUT2D eigenvalue weighted by Crippen LogP contribution is -2.30. The Morgan fingerprint density at radius 1 is 1.53 bits per heavy atom. The van der Waals surface area contributed by atoms with Gasteiger partial charge in [0.15, 0.2) is 0 Å². The zero-order valence-corrected chi connectivity index (χ0v) is 11.6. The molecule has 0 saturated heterocycles. The maximum atomic E-state index is 11.8. The van der Waals surface area contributed by atoms with Gasteiger partial charge in [0.2, 0.25) is 15.0 Å². The molecule has 0 aliphatic heterocycles. The van der Waals surface area contributed by atoms with Crippen molar-refractivity contribution in [2.24, 2.45) is 12.0 Å². The molecule has 0 bridgehead atoms. The zero-order valence-electron chi connectivity index (χ0n) is 9.96. The second-order valence-electron chi connectivity index (χ2n) is 3.68. The number of hydrogen-bond donors (Lipinski definition) is 1. The van der Waals surface area contributed by atoms with Crippen LogP contribution in [0.25, 0.3) is 0 Å². The molecule has 0 aliphatic carbocycles. The van der Waals surface area contributed by atoms with Gasteiger partial charge in [-0.1, -0.05) is 11.3 Å². The van der Waals surface area contributed by atoms with E-state index >= 15 is 0 Å². The minimum absolute atomic E-state index is 0.103. The Kier molecular flexibility index (Phi) is 4.17. The lowest BCUT2D eigenvalue weighted by atomic mass is 10.4. The molecule has 7 nitrogen and oxygen atoms in total.